The van der Waals surface area contributed by atoms with Crippen molar-refractivity contribution in [3.8, 4) is 0 Å². The van der Waals surface area contributed by atoms with Crippen molar-refractivity contribution < 1.29 is 4.92 Å². The van der Waals surface area contributed by atoms with E-state index in [1.54, 1.807) is 0 Å². The van der Waals surface area contributed by atoms with E-state index in [-0.39, 0.29) is 5.39 Å². The van der Waals surface area contributed by atoms with E-state index in [9.17, 15) is 10.1 Å². The topological polar surface area (TPSA) is 264 Å². The van der Waals surface area contributed by atoms with Crippen molar-refractivity contribution in [1.29, 1.82) is 0 Å². The number of nitro groups is 1. The van der Waals surface area contributed by atoms with Gasteiger partial charge < -0.3 is 0 Å². The number of hydrogen-bond acceptors (Lipinski definition) is 8. The fourth-order valence-electron chi connectivity index (χ4n) is 1.92. The molecule has 0 aliphatic rings. The Morgan fingerprint density at radius 2 is 1.40 bits per heavy atom. The van der Waals surface area contributed by atoms with Crippen LogP contribution >= 0.6 is 0 Å². The summed E-state index contributed by atoms with van der Waals surface area (Å²) in [7, 11) is 0. The lowest BCUT2D eigenvalue weighted by atomic mass is 10.1. The van der Waals surface area contributed by atoms with Crippen molar-refractivity contribution in [2.45, 2.75) is 0 Å². The van der Waals surface area contributed by atoms with E-state index in [2.05, 4.69) is 50.3 Å². The van der Waals surface area contributed by atoms with Gasteiger partial charge in [0.25, 0.3) is 5.69 Å². The van der Waals surface area contributed by atoms with E-state index in [1.165, 1.54) is 0 Å². The molecular formula is C8HN15O2. The molecular weight excluding hydrogens is 338 g/mol. The molecule has 0 spiro atoms. The average Bonchev–Trinajstić information content (AvgIpc) is 2.58. The van der Waals surface area contributed by atoms with Crippen molar-refractivity contribution in [2.24, 2.45) is 20.5 Å². The molecule has 25 heavy (non-hydrogen) atoms. The molecule has 0 saturated heterocycles. The van der Waals surface area contributed by atoms with Gasteiger partial charge in [0.2, 0.25) is 0 Å². The Morgan fingerprint density at radius 1 is 0.880 bits per heavy atom. The van der Waals surface area contributed by atoms with Crippen LogP contribution in [0.25, 0.3) is 52.5 Å². The predicted molar refractivity (Wildman–Crippen MR) is 81.4 cm³/mol. The molecule has 0 aliphatic carbocycles. The quantitative estimate of drug-likeness (QED) is 0.230. The highest BCUT2D eigenvalue weighted by Gasteiger charge is 2.24. The lowest BCUT2D eigenvalue weighted by molar-refractivity contribution is -0.383. The molecule has 0 N–H and O–H groups in total. The molecule has 17 nitrogen and oxygen atoms in total. The molecule has 120 valence electrons. The van der Waals surface area contributed by atoms with Gasteiger partial charge in [0.15, 0.2) is 11.6 Å². The largest absolute Gasteiger partial charge is 0.279 e. The second-order valence-electron chi connectivity index (χ2n) is 3.88. The average molecular weight is 339 g/mol. The van der Waals surface area contributed by atoms with Gasteiger partial charge in [-0.2, -0.15) is 0 Å². The SMILES string of the molecule is [N-]=[N+]=Nc1cc([N+](=O)[O-])c2c(N=[N+]=[N-])nnc(N=[N+]=[N-])c2c1N=[N+]=[N-]. The third kappa shape index (κ3) is 2.91. The molecule has 1 aromatic carbocycles. The van der Waals surface area contributed by atoms with Crippen LogP contribution in [0.3, 0.4) is 0 Å². The van der Waals surface area contributed by atoms with Crippen molar-refractivity contribution in [3.63, 3.8) is 0 Å². The fraction of sp³-hybridized carbons (Fsp3) is 0. The summed E-state index contributed by atoms with van der Waals surface area (Å²) >= 11 is 0. The minimum Gasteiger partial charge on any atom is -0.258 e. The summed E-state index contributed by atoms with van der Waals surface area (Å²) < 4.78 is 0. The number of benzene rings is 1. The van der Waals surface area contributed by atoms with Crippen molar-refractivity contribution >= 4 is 39.5 Å². The zero-order valence-electron chi connectivity index (χ0n) is 11.6. The van der Waals surface area contributed by atoms with Gasteiger partial charge in [0.05, 0.1) is 21.7 Å². The van der Waals surface area contributed by atoms with Crippen molar-refractivity contribution in [2.75, 3.05) is 0 Å². The molecule has 0 saturated carbocycles. The van der Waals surface area contributed by atoms with Crippen LogP contribution in [0.5, 0.6) is 0 Å². The zero-order valence-corrected chi connectivity index (χ0v) is 11.6. The first-order chi connectivity index (χ1) is 12.1. The van der Waals surface area contributed by atoms with Crippen LogP contribution < -0.4 is 0 Å². The van der Waals surface area contributed by atoms with Crippen LogP contribution in [0.1, 0.15) is 0 Å². The van der Waals surface area contributed by atoms with Gasteiger partial charge in [0, 0.05) is 31.1 Å². The van der Waals surface area contributed by atoms with E-state index in [4.69, 9.17) is 22.1 Å². The number of nitrogens with zero attached hydrogens (tertiary/aromatic N) is 15. The normalized spacial score (nSPS) is 9.12. The van der Waals surface area contributed by atoms with E-state index in [0.29, 0.717) is 0 Å². The summed E-state index contributed by atoms with van der Waals surface area (Å²) in [5.41, 5.74) is 33.0. The summed E-state index contributed by atoms with van der Waals surface area (Å²) in [5, 5.41) is 30.5. The van der Waals surface area contributed by atoms with Crippen LogP contribution in [0.15, 0.2) is 26.5 Å². The van der Waals surface area contributed by atoms with Crippen LogP contribution in [0.4, 0.5) is 28.7 Å². The maximum atomic E-state index is 11.3. The van der Waals surface area contributed by atoms with Gasteiger partial charge >= 0.3 is 0 Å². The van der Waals surface area contributed by atoms with E-state index >= 15 is 0 Å². The minimum absolute atomic E-state index is 0.357. The molecule has 1 aromatic heterocycles. The summed E-state index contributed by atoms with van der Waals surface area (Å²) in [6.45, 7) is 0. The first kappa shape index (κ1) is 16.6. The monoisotopic (exact) mass is 339 g/mol. The maximum Gasteiger partial charge on any atom is 0.279 e. The van der Waals surface area contributed by atoms with Gasteiger partial charge in [-0.05, 0) is 32.4 Å². The van der Waals surface area contributed by atoms with Gasteiger partial charge in [-0.15, -0.1) is 10.2 Å². The van der Waals surface area contributed by atoms with E-state index in [0.717, 1.165) is 6.07 Å². The standard InChI is InChI=1S/C8HN15O2/c9-19-13-2-1-3(23(24)25)4-5(6(2)14-20-10)8(18-22-12)16-15-7(4)17-21-11/h1H. The van der Waals surface area contributed by atoms with Gasteiger partial charge in [0.1, 0.15) is 0 Å². The molecule has 0 amide bonds. The summed E-state index contributed by atoms with van der Waals surface area (Å²) in [6.07, 6.45) is 0. The van der Waals surface area contributed by atoms with E-state index in [1.807, 2.05) is 0 Å². The van der Waals surface area contributed by atoms with E-state index < -0.39 is 39.0 Å². The first-order valence-corrected chi connectivity index (χ1v) is 5.81. The number of aromatic nitrogens is 2. The third-order valence-electron chi connectivity index (χ3n) is 2.72. The zero-order chi connectivity index (χ0) is 18.4. The Labute approximate surface area is 134 Å². The smallest absolute Gasteiger partial charge is 0.258 e. The maximum absolute atomic E-state index is 11.3. The number of rotatable bonds is 5. The number of nitro benzene ring substituents is 1. The Balaban J connectivity index is 3.31. The number of hydrogen-bond donors (Lipinski definition) is 0. The fourth-order valence-corrected chi connectivity index (χ4v) is 1.92. The highest BCUT2D eigenvalue weighted by molar-refractivity contribution is 6.12. The third-order valence-corrected chi connectivity index (χ3v) is 2.72. The number of fused-ring (bicyclic) bond motifs is 1. The lowest BCUT2D eigenvalue weighted by Crippen LogP contribution is -1.94. The van der Waals surface area contributed by atoms with Crippen molar-refractivity contribution in [1.82, 2.24) is 10.2 Å². The van der Waals surface area contributed by atoms with Crippen LogP contribution in [0.2, 0.25) is 0 Å². The van der Waals surface area contributed by atoms with Crippen LogP contribution in [0, 0.1) is 10.1 Å². The van der Waals surface area contributed by atoms with Gasteiger partial charge in [-0.1, -0.05) is 10.2 Å². The molecule has 0 unspecified atom stereocenters. The highest BCUT2D eigenvalue weighted by atomic mass is 16.6. The predicted octanol–water partition coefficient (Wildman–Crippen LogP) is 5.31. The minimum atomic E-state index is -0.878. The first-order valence-electron chi connectivity index (χ1n) is 5.81. The second-order valence-corrected chi connectivity index (χ2v) is 3.88. The molecule has 0 radical (unpaired) electrons. The van der Waals surface area contributed by atoms with Gasteiger partial charge in [-0.3, -0.25) is 10.1 Å². The Bertz CT molecular complexity index is 1090. The Hall–Kier alpha value is -4.80. The molecule has 0 atom stereocenters. The van der Waals surface area contributed by atoms with Crippen LogP contribution in [-0.2, 0) is 0 Å². The molecule has 0 fully saturated rings. The molecule has 0 bridgehead atoms. The molecule has 17 heteroatoms. The highest BCUT2D eigenvalue weighted by Crippen LogP contribution is 2.47. The number of azide groups is 4. The Kier molecular flexibility index (Phi) is 4.62. The summed E-state index contributed by atoms with van der Waals surface area (Å²) in [5.74, 6) is -1.03. The van der Waals surface area contributed by atoms with Gasteiger partial charge in [-0.25, -0.2) is 0 Å². The Morgan fingerprint density at radius 3 is 1.88 bits per heavy atom. The summed E-state index contributed by atoms with van der Waals surface area (Å²) in [6, 6.07) is 0.796. The molecule has 0 aliphatic heterocycles. The summed E-state index contributed by atoms with van der Waals surface area (Å²) in [4.78, 5) is 20.5. The molecule has 2 aromatic rings. The molecule has 2 rings (SSSR count). The second kappa shape index (κ2) is 6.97. The molecule has 1 heterocycles. The van der Waals surface area contributed by atoms with Crippen molar-refractivity contribution in [3.05, 3.63) is 58.0 Å². The lowest BCUT2D eigenvalue weighted by Gasteiger charge is -2.09. The van der Waals surface area contributed by atoms with Crippen LogP contribution in [-0.4, -0.2) is 15.1 Å². The number of non-ortho nitro benzene ring substituents is 1.